The fraction of sp³-hybridized carbons (Fsp3) is 0.435. The Balaban J connectivity index is 1.85. The number of rotatable bonds is 8. The van der Waals surface area contributed by atoms with Gasteiger partial charge < -0.3 is 5.32 Å². The van der Waals surface area contributed by atoms with E-state index in [4.69, 9.17) is 0 Å². The van der Waals surface area contributed by atoms with Crippen molar-refractivity contribution < 1.29 is 18.1 Å². The lowest BCUT2D eigenvalue weighted by atomic mass is 9.88. The van der Waals surface area contributed by atoms with E-state index in [1.54, 1.807) is 0 Å². The van der Waals surface area contributed by atoms with Crippen LogP contribution in [0.2, 0.25) is 0 Å². The Morgan fingerprint density at radius 2 is 1.84 bits per heavy atom. The van der Waals surface area contributed by atoms with Gasteiger partial charge in [-0.1, -0.05) is 31.2 Å². The maximum Gasteiger partial charge on any atom is 0.271 e. The Morgan fingerprint density at radius 3 is 2.47 bits per heavy atom. The largest absolute Gasteiger partial charge is 0.347 e. The molecule has 0 fully saturated rings. The van der Waals surface area contributed by atoms with Crippen molar-refractivity contribution in [3.05, 3.63) is 69.3 Å². The van der Waals surface area contributed by atoms with Crippen LogP contribution in [-0.4, -0.2) is 31.5 Å². The highest BCUT2D eigenvalue weighted by Gasteiger charge is 2.31. The monoisotopic (exact) mass is 459 g/mol. The average molecular weight is 460 g/mol. The molecular formula is C23H29N3O5S. The number of sulfonamides is 1. The zero-order valence-electron chi connectivity index (χ0n) is 18.6. The number of carbonyl (C=O) groups excluding carboxylic acids is 1. The molecule has 0 bridgehead atoms. The van der Waals surface area contributed by atoms with Gasteiger partial charge >= 0.3 is 0 Å². The summed E-state index contributed by atoms with van der Waals surface area (Å²) in [7, 11) is -3.87. The fourth-order valence-corrected chi connectivity index (χ4v) is 5.40. The molecule has 3 rings (SSSR count). The predicted octanol–water partition coefficient (Wildman–Crippen LogP) is 3.90. The smallest absolute Gasteiger partial charge is 0.271 e. The first kappa shape index (κ1) is 23.7. The van der Waals surface area contributed by atoms with E-state index < -0.39 is 26.9 Å². The molecule has 0 radical (unpaired) electrons. The molecule has 2 atom stereocenters. The predicted molar refractivity (Wildman–Crippen MR) is 124 cm³/mol. The second kappa shape index (κ2) is 9.68. The first-order valence-electron chi connectivity index (χ1n) is 10.8. The molecule has 8 nitrogen and oxygen atoms in total. The van der Waals surface area contributed by atoms with Gasteiger partial charge in [0.05, 0.1) is 22.9 Å². The fourth-order valence-electron chi connectivity index (χ4n) is 4.24. The number of nitro groups is 1. The Labute approximate surface area is 188 Å². The van der Waals surface area contributed by atoms with E-state index in [1.807, 2.05) is 13.0 Å². The summed E-state index contributed by atoms with van der Waals surface area (Å²) >= 11 is 0. The van der Waals surface area contributed by atoms with Crippen LogP contribution in [0.1, 0.15) is 55.8 Å². The first-order valence-corrected chi connectivity index (χ1v) is 12.6. The van der Waals surface area contributed by atoms with Crippen molar-refractivity contribution in [2.24, 2.45) is 0 Å². The number of benzene rings is 2. The highest BCUT2D eigenvalue weighted by Crippen LogP contribution is 2.28. The van der Waals surface area contributed by atoms with Gasteiger partial charge in [0.25, 0.3) is 5.69 Å². The number of non-ortho nitro benzene ring substituents is 1. The van der Waals surface area contributed by atoms with E-state index in [9.17, 15) is 23.3 Å². The van der Waals surface area contributed by atoms with E-state index in [2.05, 4.69) is 17.4 Å². The van der Waals surface area contributed by atoms with Gasteiger partial charge in [-0.05, 0) is 61.8 Å². The molecule has 32 heavy (non-hydrogen) atoms. The van der Waals surface area contributed by atoms with Gasteiger partial charge in [0, 0.05) is 12.1 Å². The highest BCUT2D eigenvalue weighted by atomic mass is 32.2. The van der Waals surface area contributed by atoms with Crippen LogP contribution in [0.15, 0.2) is 42.5 Å². The van der Waals surface area contributed by atoms with E-state index in [-0.39, 0.29) is 17.4 Å². The summed E-state index contributed by atoms with van der Waals surface area (Å²) in [6.07, 6.45) is 6.07. The minimum atomic E-state index is -3.87. The molecule has 1 aliphatic rings. The maximum atomic E-state index is 13.1. The van der Waals surface area contributed by atoms with Crippen LogP contribution in [0, 0.1) is 10.1 Å². The van der Waals surface area contributed by atoms with Crippen LogP contribution >= 0.6 is 0 Å². The van der Waals surface area contributed by atoms with Crippen LogP contribution in [-0.2, 0) is 27.7 Å². The van der Waals surface area contributed by atoms with Gasteiger partial charge in [0.2, 0.25) is 15.9 Å². The van der Waals surface area contributed by atoms with E-state index in [1.165, 1.54) is 42.7 Å². The third-order valence-electron chi connectivity index (χ3n) is 5.88. The molecule has 9 heteroatoms. The molecule has 0 aliphatic heterocycles. The maximum absolute atomic E-state index is 13.1. The lowest BCUT2D eigenvalue weighted by molar-refractivity contribution is -0.384. The summed E-state index contributed by atoms with van der Waals surface area (Å²) in [6, 6.07) is 10.2. The molecule has 1 amide bonds. The van der Waals surface area contributed by atoms with Crippen LogP contribution in [0.5, 0.6) is 0 Å². The number of hydrogen-bond donors (Lipinski definition) is 1. The highest BCUT2D eigenvalue weighted by molar-refractivity contribution is 7.92. The third-order valence-corrected chi connectivity index (χ3v) is 7.12. The Bertz CT molecular complexity index is 1120. The summed E-state index contributed by atoms with van der Waals surface area (Å²) in [5, 5.41) is 14.1. The lowest BCUT2D eigenvalue weighted by Gasteiger charge is -2.30. The first-order chi connectivity index (χ1) is 15.1. The number of amides is 1. The molecule has 2 aromatic carbocycles. The van der Waals surface area contributed by atoms with Gasteiger partial charge in [-0.15, -0.1) is 0 Å². The number of carbonyl (C=O) groups is 1. The molecule has 0 spiro atoms. The zero-order valence-corrected chi connectivity index (χ0v) is 19.4. The SMILES string of the molecule is CC[C@H](NC(=O)[C@H](C)N(c1cccc([N+](=O)[O-])c1)S(C)(=O)=O)c1ccc2c(c1)CCCC2. The Morgan fingerprint density at radius 1 is 1.16 bits per heavy atom. The van der Waals surface area contributed by atoms with Gasteiger partial charge in [-0.2, -0.15) is 0 Å². The van der Waals surface area contributed by atoms with Gasteiger partial charge in [0.1, 0.15) is 6.04 Å². The molecule has 2 aromatic rings. The number of nitrogens with one attached hydrogen (secondary N) is 1. The van der Waals surface area contributed by atoms with Crippen molar-refractivity contribution in [2.75, 3.05) is 10.6 Å². The molecule has 0 saturated carbocycles. The van der Waals surface area contributed by atoms with Crippen molar-refractivity contribution in [3.8, 4) is 0 Å². The zero-order chi connectivity index (χ0) is 23.5. The van der Waals surface area contributed by atoms with Crippen LogP contribution in [0.3, 0.4) is 0 Å². The third kappa shape index (κ3) is 5.27. The molecule has 0 saturated heterocycles. The molecule has 0 unspecified atom stereocenters. The lowest BCUT2D eigenvalue weighted by Crippen LogP contribution is -2.48. The summed E-state index contributed by atoms with van der Waals surface area (Å²) in [4.78, 5) is 23.6. The topological polar surface area (TPSA) is 110 Å². The van der Waals surface area contributed by atoms with Gasteiger partial charge in [-0.3, -0.25) is 19.2 Å². The summed E-state index contributed by atoms with van der Waals surface area (Å²) < 4.78 is 26.0. The van der Waals surface area contributed by atoms with Crippen molar-refractivity contribution in [3.63, 3.8) is 0 Å². The Kier molecular flexibility index (Phi) is 7.18. The average Bonchev–Trinajstić information content (AvgIpc) is 2.76. The standard InChI is InChI=1S/C23H29N3O5S/c1-4-22(19-13-12-17-8-5-6-9-18(17)14-19)24-23(27)16(2)25(32(3,30)31)20-10-7-11-21(15-20)26(28)29/h7,10-16,22H,4-6,8-9H2,1-3H3,(H,24,27)/t16-,22-/m0/s1. The van der Waals surface area contributed by atoms with E-state index >= 15 is 0 Å². The minimum Gasteiger partial charge on any atom is -0.347 e. The molecule has 1 aliphatic carbocycles. The van der Waals surface area contributed by atoms with Crippen molar-refractivity contribution >= 4 is 27.3 Å². The summed E-state index contributed by atoms with van der Waals surface area (Å²) in [5.41, 5.74) is 3.48. The molecule has 0 heterocycles. The number of aryl methyl sites for hydroxylation is 2. The van der Waals surface area contributed by atoms with E-state index in [0.29, 0.717) is 6.42 Å². The summed E-state index contributed by atoms with van der Waals surface area (Å²) in [6.45, 7) is 3.44. The van der Waals surface area contributed by atoms with E-state index in [0.717, 1.165) is 41.5 Å². The molecular weight excluding hydrogens is 430 g/mol. The quantitative estimate of drug-likeness (QED) is 0.476. The number of nitro benzene ring substituents is 1. The van der Waals surface area contributed by atoms with Gasteiger partial charge in [-0.25, -0.2) is 8.42 Å². The molecule has 172 valence electrons. The van der Waals surface area contributed by atoms with Crippen molar-refractivity contribution in [1.29, 1.82) is 0 Å². The van der Waals surface area contributed by atoms with Crippen LogP contribution in [0.25, 0.3) is 0 Å². The Hall–Kier alpha value is -2.94. The molecule has 1 N–H and O–H groups in total. The normalized spacial score (nSPS) is 15.3. The number of nitrogens with zero attached hydrogens (tertiary/aromatic N) is 2. The second-order valence-electron chi connectivity index (χ2n) is 8.22. The van der Waals surface area contributed by atoms with Crippen LogP contribution in [0.4, 0.5) is 11.4 Å². The number of fused-ring (bicyclic) bond motifs is 1. The van der Waals surface area contributed by atoms with Crippen LogP contribution < -0.4 is 9.62 Å². The summed E-state index contributed by atoms with van der Waals surface area (Å²) in [5.74, 6) is -0.466. The van der Waals surface area contributed by atoms with Crippen molar-refractivity contribution in [2.45, 2.75) is 58.0 Å². The number of anilines is 1. The van der Waals surface area contributed by atoms with Crippen molar-refractivity contribution in [1.82, 2.24) is 5.32 Å². The van der Waals surface area contributed by atoms with Gasteiger partial charge in [0.15, 0.2) is 0 Å². The second-order valence-corrected chi connectivity index (χ2v) is 10.1. The molecule has 0 aromatic heterocycles. The number of hydrogen-bond acceptors (Lipinski definition) is 5. The minimum absolute atomic E-state index is 0.0752.